The van der Waals surface area contributed by atoms with E-state index >= 15 is 0 Å². The van der Waals surface area contributed by atoms with Gasteiger partial charge in [-0.3, -0.25) is 0 Å². The van der Waals surface area contributed by atoms with Crippen molar-refractivity contribution < 1.29 is 0 Å². The van der Waals surface area contributed by atoms with Gasteiger partial charge in [-0.1, -0.05) is 51.5 Å². The van der Waals surface area contributed by atoms with Gasteiger partial charge >= 0.3 is 0 Å². The monoisotopic (exact) mass is 166 g/mol. The highest BCUT2D eigenvalue weighted by molar-refractivity contribution is 5.20. The Labute approximate surface area is 77.4 Å². The molecule has 0 spiro atoms. The third-order valence-corrected chi connectivity index (χ3v) is 2.42. The molecule has 1 atom stereocenters. The summed E-state index contributed by atoms with van der Waals surface area (Å²) in [4.78, 5) is 0. The van der Waals surface area contributed by atoms with E-state index in [9.17, 15) is 0 Å². The normalized spacial score (nSPS) is 15.0. The number of rotatable bonds is 4. The first kappa shape index (κ1) is 11.5. The molecule has 12 heavy (non-hydrogen) atoms. The Morgan fingerprint density at radius 1 is 1.33 bits per heavy atom. The molecule has 0 radical (unpaired) electrons. The molecule has 0 aromatic heterocycles. The Morgan fingerprint density at radius 2 is 1.83 bits per heavy atom. The first-order chi connectivity index (χ1) is 5.49. The van der Waals surface area contributed by atoms with E-state index in [-0.39, 0.29) is 0 Å². The van der Waals surface area contributed by atoms with Crippen molar-refractivity contribution in [3.05, 3.63) is 23.8 Å². The van der Waals surface area contributed by atoms with Crippen molar-refractivity contribution in [2.75, 3.05) is 0 Å². The molecule has 0 fully saturated rings. The summed E-state index contributed by atoms with van der Waals surface area (Å²) in [5.41, 5.74) is 2.69. The molecule has 0 N–H and O–H groups in total. The lowest BCUT2D eigenvalue weighted by atomic mass is 9.87. The Bertz CT molecular complexity index is 172. The average Bonchev–Trinajstić information content (AvgIpc) is 1.98. The fraction of sp³-hybridized carbons (Fsp3) is 0.667. The van der Waals surface area contributed by atoms with E-state index in [1.165, 1.54) is 11.1 Å². The Balaban J connectivity index is 4.44. The van der Waals surface area contributed by atoms with Crippen LogP contribution in [0.2, 0.25) is 0 Å². The van der Waals surface area contributed by atoms with Gasteiger partial charge in [-0.25, -0.2) is 0 Å². The number of allylic oxidation sites excluding steroid dienone is 3. The zero-order valence-corrected chi connectivity index (χ0v) is 9.15. The van der Waals surface area contributed by atoms with Crippen molar-refractivity contribution in [2.45, 2.75) is 41.0 Å². The van der Waals surface area contributed by atoms with E-state index in [0.29, 0.717) is 5.92 Å². The van der Waals surface area contributed by atoms with E-state index in [2.05, 4.69) is 47.3 Å². The van der Waals surface area contributed by atoms with Gasteiger partial charge in [0.1, 0.15) is 0 Å². The fourth-order valence-corrected chi connectivity index (χ4v) is 1.30. The maximum Gasteiger partial charge on any atom is -0.0205 e. The van der Waals surface area contributed by atoms with E-state index in [1.807, 2.05) is 0 Å². The van der Waals surface area contributed by atoms with Crippen LogP contribution in [0.25, 0.3) is 0 Å². The zero-order chi connectivity index (χ0) is 9.72. The third kappa shape index (κ3) is 3.75. The molecule has 1 unspecified atom stereocenters. The van der Waals surface area contributed by atoms with Crippen LogP contribution in [-0.2, 0) is 0 Å². The summed E-state index contributed by atoms with van der Waals surface area (Å²) in [6, 6.07) is 0. The average molecular weight is 166 g/mol. The highest BCUT2D eigenvalue weighted by atomic mass is 14.2. The van der Waals surface area contributed by atoms with Crippen LogP contribution in [0.15, 0.2) is 23.8 Å². The van der Waals surface area contributed by atoms with Crippen LogP contribution in [0.4, 0.5) is 0 Å². The summed E-state index contributed by atoms with van der Waals surface area (Å²) < 4.78 is 0. The van der Waals surface area contributed by atoms with E-state index in [0.717, 1.165) is 12.3 Å². The highest BCUT2D eigenvalue weighted by Crippen LogP contribution is 2.23. The Kier molecular flexibility index (Phi) is 4.96. The van der Waals surface area contributed by atoms with Gasteiger partial charge in [-0.2, -0.15) is 0 Å². The molecular weight excluding hydrogens is 144 g/mol. The van der Waals surface area contributed by atoms with Crippen molar-refractivity contribution in [1.29, 1.82) is 0 Å². The van der Waals surface area contributed by atoms with Crippen LogP contribution in [0.1, 0.15) is 41.0 Å². The topological polar surface area (TPSA) is 0 Å². The quantitative estimate of drug-likeness (QED) is 0.549. The van der Waals surface area contributed by atoms with Crippen molar-refractivity contribution >= 4 is 0 Å². The summed E-state index contributed by atoms with van der Waals surface area (Å²) in [6.45, 7) is 15.0. The maximum atomic E-state index is 3.91. The van der Waals surface area contributed by atoms with Crippen LogP contribution in [-0.4, -0.2) is 0 Å². The van der Waals surface area contributed by atoms with Crippen LogP contribution in [0.5, 0.6) is 0 Å². The lowest BCUT2D eigenvalue weighted by Crippen LogP contribution is -2.06. The number of hydrogen-bond acceptors (Lipinski definition) is 0. The molecule has 0 rings (SSSR count). The molecule has 0 saturated carbocycles. The second-order valence-corrected chi connectivity index (χ2v) is 3.95. The van der Waals surface area contributed by atoms with Gasteiger partial charge in [0.15, 0.2) is 0 Å². The molecule has 0 amide bonds. The smallest absolute Gasteiger partial charge is 0.0205 e. The van der Waals surface area contributed by atoms with Gasteiger partial charge < -0.3 is 0 Å². The SMILES string of the molecule is C=C(C)C=C(CC)C(C)C(C)C. The molecule has 0 bridgehead atoms. The molecule has 0 nitrogen and oxygen atoms in total. The van der Waals surface area contributed by atoms with E-state index in [4.69, 9.17) is 0 Å². The highest BCUT2D eigenvalue weighted by Gasteiger charge is 2.10. The molecule has 0 aliphatic rings. The van der Waals surface area contributed by atoms with Gasteiger partial charge in [0, 0.05) is 0 Å². The summed E-state index contributed by atoms with van der Waals surface area (Å²) in [7, 11) is 0. The van der Waals surface area contributed by atoms with E-state index in [1.54, 1.807) is 0 Å². The summed E-state index contributed by atoms with van der Waals surface area (Å²) >= 11 is 0. The first-order valence-corrected chi connectivity index (χ1v) is 4.85. The molecule has 70 valence electrons. The van der Waals surface area contributed by atoms with Gasteiger partial charge in [0.05, 0.1) is 0 Å². The Hall–Kier alpha value is -0.520. The molecule has 0 saturated heterocycles. The largest absolute Gasteiger partial charge is 0.0961 e. The Morgan fingerprint density at radius 3 is 2.08 bits per heavy atom. The summed E-state index contributed by atoms with van der Waals surface area (Å²) in [5.74, 6) is 1.42. The van der Waals surface area contributed by atoms with Crippen LogP contribution >= 0.6 is 0 Å². The van der Waals surface area contributed by atoms with Crippen molar-refractivity contribution in [1.82, 2.24) is 0 Å². The minimum absolute atomic E-state index is 0.687. The van der Waals surface area contributed by atoms with Crippen LogP contribution in [0.3, 0.4) is 0 Å². The molecular formula is C12H22. The van der Waals surface area contributed by atoms with Crippen molar-refractivity contribution in [3.63, 3.8) is 0 Å². The molecule has 0 heterocycles. The second-order valence-electron chi connectivity index (χ2n) is 3.95. The van der Waals surface area contributed by atoms with Gasteiger partial charge in [0.25, 0.3) is 0 Å². The molecule has 0 aliphatic carbocycles. The van der Waals surface area contributed by atoms with Crippen LogP contribution < -0.4 is 0 Å². The summed E-state index contributed by atoms with van der Waals surface area (Å²) in [6.07, 6.45) is 3.37. The van der Waals surface area contributed by atoms with Gasteiger partial charge in [-0.15, -0.1) is 0 Å². The maximum absolute atomic E-state index is 3.91. The minimum Gasteiger partial charge on any atom is -0.0961 e. The molecule has 0 aromatic rings. The predicted octanol–water partition coefficient (Wildman–Crippen LogP) is 4.19. The van der Waals surface area contributed by atoms with Crippen molar-refractivity contribution in [3.8, 4) is 0 Å². The molecule has 0 aromatic carbocycles. The zero-order valence-electron chi connectivity index (χ0n) is 9.15. The predicted molar refractivity (Wildman–Crippen MR) is 57.2 cm³/mol. The molecule has 0 heteroatoms. The van der Waals surface area contributed by atoms with E-state index < -0.39 is 0 Å². The van der Waals surface area contributed by atoms with Gasteiger partial charge in [-0.05, 0) is 25.2 Å². The standard InChI is InChI=1S/C12H22/c1-7-12(8-9(2)3)11(6)10(4)5/h8,10-11H,2,7H2,1,3-6H3. The van der Waals surface area contributed by atoms with Crippen LogP contribution in [0, 0.1) is 11.8 Å². The summed E-state index contributed by atoms with van der Waals surface area (Å²) in [5, 5.41) is 0. The minimum atomic E-state index is 0.687. The lowest BCUT2D eigenvalue weighted by molar-refractivity contribution is 0.470. The second kappa shape index (κ2) is 5.18. The van der Waals surface area contributed by atoms with Crippen molar-refractivity contribution in [2.24, 2.45) is 11.8 Å². The lowest BCUT2D eigenvalue weighted by Gasteiger charge is -2.18. The first-order valence-electron chi connectivity index (χ1n) is 4.85. The molecule has 0 aliphatic heterocycles. The third-order valence-electron chi connectivity index (χ3n) is 2.42. The van der Waals surface area contributed by atoms with Gasteiger partial charge in [0.2, 0.25) is 0 Å². The number of hydrogen-bond donors (Lipinski definition) is 0. The fourth-order valence-electron chi connectivity index (χ4n) is 1.30.